The van der Waals surface area contributed by atoms with Crippen molar-refractivity contribution >= 4 is 27.0 Å². The smallest absolute Gasteiger partial charge is 0.261 e. The van der Waals surface area contributed by atoms with E-state index in [2.05, 4.69) is 165 Å². The molecule has 1 fully saturated rings. The van der Waals surface area contributed by atoms with Gasteiger partial charge in [0.25, 0.3) is 8.32 Å². The summed E-state index contributed by atoms with van der Waals surface area (Å²) in [5.41, 5.74) is 3.55. The van der Waals surface area contributed by atoms with Crippen molar-refractivity contribution in [1.82, 2.24) is 0 Å². The highest BCUT2D eigenvalue weighted by atomic mass is 28.4. The molecule has 0 bridgehead atoms. The van der Waals surface area contributed by atoms with E-state index >= 15 is 0 Å². The highest BCUT2D eigenvalue weighted by Gasteiger charge is 2.50. The first-order chi connectivity index (χ1) is 21.7. The van der Waals surface area contributed by atoms with Gasteiger partial charge in [-0.25, -0.2) is 0 Å². The van der Waals surface area contributed by atoms with Crippen LogP contribution in [0.5, 0.6) is 0 Å². The molecule has 3 atom stereocenters. The summed E-state index contributed by atoms with van der Waals surface area (Å²) in [6.07, 6.45) is 5.48. The molecule has 1 saturated carbocycles. The largest absolute Gasteiger partial charge is 0.413 e. The van der Waals surface area contributed by atoms with Crippen molar-refractivity contribution in [2.24, 2.45) is 5.92 Å². The van der Waals surface area contributed by atoms with Crippen LogP contribution in [-0.2, 0) is 20.2 Å². The van der Waals surface area contributed by atoms with E-state index in [-0.39, 0.29) is 28.2 Å². The molecule has 0 aromatic heterocycles. The van der Waals surface area contributed by atoms with Gasteiger partial charge in [-0.3, -0.25) is 0 Å². The van der Waals surface area contributed by atoms with Gasteiger partial charge in [-0.1, -0.05) is 151 Å². The standard InChI is InChI=1S/C41H58O3Si2/c1-32(2)34(28-29-43-46(41(6,7)8,35-22-16-12-17-23-35)36-24-18-13-19-25-36)30-37-38(42-31-33-20-14-11-15-21-33)26-27-39(37)44-45(9,10)40(3,4)5/h11-25,30,37-39H,1,26-29,31H2,2-10H3/t37-,38+,39+/m1/s1. The van der Waals surface area contributed by atoms with Gasteiger partial charge in [0, 0.05) is 12.5 Å². The van der Waals surface area contributed by atoms with Crippen molar-refractivity contribution in [3.8, 4) is 0 Å². The Morgan fingerprint density at radius 3 is 1.74 bits per heavy atom. The lowest BCUT2D eigenvalue weighted by molar-refractivity contribution is 0.0109. The minimum Gasteiger partial charge on any atom is -0.413 e. The molecule has 0 unspecified atom stereocenters. The van der Waals surface area contributed by atoms with E-state index in [1.54, 1.807) is 0 Å². The van der Waals surface area contributed by atoms with Crippen LogP contribution in [0.2, 0.25) is 23.2 Å². The van der Waals surface area contributed by atoms with Crippen LogP contribution in [0.4, 0.5) is 0 Å². The van der Waals surface area contributed by atoms with Crippen molar-refractivity contribution in [1.29, 1.82) is 0 Å². The average Bonchev–Trinajstić information content (AvgIpc) is 3.37. The first kappa shape index (κ1) is 36.3. The van der Waals surface area contributed by atoms with Crippen LogP contribution in [0.15, 0.2) is 115 Å². The summed E-state index contributed by atoms with van der Waals surface area (Å²) in [7, 11) is -4.60. The Kier molecular flexibility index (Phi) is 11.9. The monoisotopic (exact) mass is 654 g/mol. The molecule has 0 spiro atoms. The van der Waals surface area contributed by atoms with E-state index in [0.717, 1.165) is 24.8 Å². The van der Waals surface area contributed by atoms with Crippen LogP contribution >= 0.6 is 0 Å². The zero-order chi connectivity index (χ0) is 33.6. The molecule has 0 heterocycles. The minimum absolute atomic E-state index is 0.0628. The van der Waals surface area contributed by atoms with Crippen molar-refractivity contribution in [2.45, 2.75) is 110 Å². The molecule has 0 amide bonds. The van der Waals surface area contributed by atoms with Gasteiger partial charge in [0.15, 0.2) is 8.32 Å². The summed E-state index contributed by atoms with van der Waals surface area (Å²) in [5.74, 6) is 0.164. The van der Waals surface area contributed by atoms with E-state index in [1.807, 2.05) is 0 Å². The molecule has 1 aliphatic rings. The zero-order valence-electron chi connectivity index (χ0n) is 29.9. The summed E-state index contributed by atoms with van der Waals surface area (Å²) < 4.78 is 21.1. The highest BCUT2D eigenvalue weighted by molar-refractivity contribution is 6.99. The molecule has 0 saturated heterocycles. The number of benzene rings is 3. The van der Waals surface area contributed by atoms with Crippen LogP contribution < -0.4 is 10.4 Å². The van der Waals surface area contributed by atoms with Gasteiger partial charge < -0.3 is 13.6 Å². The van der Waals surface area contributed by atoms with Crippen LogP contribution in [0, 0.1) is 5.92 Å². The highest BCUT2D eigenvalue weighted by Crippen LogP contribution is 2.43. The summed E-state index contributed by atoms with van der Waals surface area (Å²) in [6, 6.07) is 32.3. The van der Waals surface area contributed by atoms with Gasteiger partial charge in [-0.15, -0.1) is 0 Å². The van der Waals surface area contributed by atoms with E-state index in [0.29, 0.717) is 13.2 Å². The van der Waals surface area contributed by atoms with Crippen LogP contribution in [-0.4, -0.2) is 35.4 Å². The van der Waals surface area contributed by atoms with Gasteiger partial charge in [-0.05, 0) is 70.9 Å². The average molecular weight is 655 g/mol. The minimum atomic E-state index is -2.63. The predicted octanol–water partition coefficient (Wildman–Crippen LogP) is 9.84. The summed E-state index contributed by atoms with van der Waals surface area (Å²) in [6.45, 7) is 26.5. The lowest BCUT2D eigenvalue weighted by atomic mass is 9.95. The van der Waals surface area contributed by atoms with Crippen molar-refractivity contribution in [2.75, 3.05) is 6.61 Å². The Balaban J connectivity index is 1.64. The fourth-order valence-corrected chi connectivity index (χ4v) is 12.5. The second-order valence-electron chi connectivity index (χ2n) is 15.6. The Morgan fingerprint density at radius 2 is 1.26 bits per heavy atom. The predicted molar refractivity (Wildman–Crippen MR) is 201 cm³/mol. The summed E-state index contributed by atoms with van der Waals surface area (Å²) in [4.78, 5) is 0. The van der Waals surface area contributed by atoms with Crippen LogP contribution in [0.25, 0.3) is 0 Å². The molecule has 5 heteroatoms. The SMILES string of the molecule is C=C(C)C(=C[C@@H]1[C@@H](OCc2ccccc2)CC[C@@H]1O[Si](C)(C)C(C)(C)C)CCO[Si](c1ccccc1)(c1ccccc1)C(C)(C)C. The third kappa shape index (κ3) is 8.48. The molecular weight excluding hydrogens is 597 g/mol. The molecule has 4 rings (SSSR count). The second kappa shape index (κ2) is 15.1. The Labute approximate surface area is 282 Å². The van der Waals surface area contributed by atoms with Crippen molar-refractivity contribution in [3.63, 3.8) is 0 Å². The van der Waals surface area contributed by atoms with Gasteiger partial charge in [0.1, 0.15) is 0 Å². The summed E-state index contributed by atoms with van der Waals surface area (Å²) in [5, 5.41) is 2.70. The molecule has 0 radical (unpaired) electrons. The fraction of sp³-hybridized carbons (Fsp3) is 0.463. The number of ether oxygens (including phenoxy) is 1. The van der Waals surface area contributed by atoms with Crippen LogP contribution in [0.1, 0.15) is 73.3 Å². The maximum absolute atomic E-state index is 7.30. The van der Waals surface area contributed by atoms with Gasteiger partial charge in [0.05, 0.1) is 18.8 Å². The Hall–Kier alpha value is -2.55. The molecule has 0 N–H and O–H groups in total. The molecule has 3 aromatic carbocycles. The van der Waals surface area contributed by atoms with E-state index in [9.17, 15) is 0 Å². The maximum Gasteiger partial charge on any atom is 0.261 e. The lowest BCUT2D eigenvalue weighted by Crippen LogP contribution is -2.66. The molecule has 3 aromatic rings. The molecule has 248 valence electrons. The third-order valence-corrected chi connectivity index (χ3v) is 19.7. The topological polar surface area (TPSA) is 27.7 Å². The number of rotatable bonds is 13. The number of allylic oxidation sites excluding steroid dienone is 1. The van der Waals surface area contributed by atoms with Gasteiger partial charge in [0.2, 0.25) is 0 Å². The van der Waals surface area contributed by atoms with Crippen LogP contribution in [0.3, 0.4) is 0 Å². The molecule has 1 aliphatic carbocycles. The number of hydrogen-bond donors (Lipinski definition) is 0. The number of hydrogen-bond acceptors (Lipinski definition) is 3. The molecule has 3 nitrogen and oxygen atoms in total. The van der Waals surface area contributed by atoms with E-state index in [1.165, 1.54) is 21.5 Å². The quantitative estimate of drug-likeness (QED) is 0.136. The third-order valence-electron chi connectivity index (χ3n) is 10.2. The molecular formula is C41H58O3Si2. The summed E-state index contributed by atoms with van der Waals surface area (Å²) >= 11 is 0. The lowest BCUT2D eigenvalue weighted by Gasteiger charge is -2.43. The van der Waals surface area contributed by atoms with E-state index in [4.69, 9.17) is 13.6 Å². The van der Waals surface area contributed by atoms with Crippen molar-refractivity contribution in [3.05, 3.63) is 120 Å². The van der Waals surface area contributed by atoms with Crippen molar-refractivity contribution < 1.29 is 13.6 Å². The Morgan fingerprint density at radius 1 is 0.761 bits per heavy atom. The van der Waals surface area contributed by atoms with E-state index < -0.39 is 16.6 Å². The first-order valence-corrected chi connectivity index (χ1v) is 21.9. The Bertz CT molecular complexity index is 1380. The van der Waals surface area contributed by atoms with Gasteiger partial charge in [-0.2, -0.15) is 0 Å². The zero-order valence-corrected chi connectivity index (χ0v) is 31.9. The second-order valence-corrected chi connectivity index (χ2v) is 24.7. The molecule has 0 aliphatic heterocycles. The maximum atomic E-state index is 7.30. The molecule has 46 heavy (non-hydrogen) atoms. The first-order valence-electron chi connectivity index (χ1n) is 17.1. The normalized spacial score (nSPS) is 19.8. The van der Waals surface area contributed by atoms with Gasteiger partial charge >= 0.3 is 0 Å². The fourth-order valence-electron chi connectivity index (χ4n) is 6.58.